The molecule has 0 fully saturated rings. The van der Waals surface area contributed by atoms with Gasteiger partial charge >= 0.3 is 0 Å². The molecular weight excluding hydrogens is 321 g/mol. The van der Waals surface area contributed by atoms with E-state index < -0.39 is 0 Å². The van der Waals surface area contributed by atoms with Crippen LogP contribution in [0.15, 0.2) is 53.5 Å². The SMILES string of the molecule is COc1ccc2c3cnn(Cc4ccccc4F)c(=O)c3n(C)c2c1. The summed E-state index contributed by atoms with van der Waals surface area (Å²) >= 11 is 0. The third kappa shape index (κ3) is 2.38. The molecule has 0 bridgehead atoms. The summed E-state index contributed by atoms with van der Waals surface area (Å²) < 4.78 is 22.3. The Morgan fingerprint density at radius 2 is 1.96 bits per heavy atom. The summed E-state index contributed by atoms with van der Waals surface area (Å²) in [5.74, 6) is 0.371. The zero-order valence-corrected chi connectivity index (χ0v) is 13.9. The molecule has 4 rings (SSSR count). The first-order valence-electron chi connectivity index (χ1n) is 7.86. The van der Waals surface area contributed by atoms with Crippen molar-refractivity contribution in [2.45, 2.75) is 6.54 Å². The van der Waals surface area contributed by atoms with Crippen LogP contribution in [-0.2, 0) is 13.6 Å². The molecule has 0 unspecified atom stereocenters. The Bertz CT molecular complexity index is 1160. The molecule has 0 saturated carbocycles. The highest BCUT2D eigenvalue weighted by Gasteiger charge is 2.15. The zero-order chi connectivity index (χ0) is 17.6. The lowest BCUT2D eigenvalue weighted by atomic mass is 10.2. The number of ether oxygens (including phenoxy) is 1. The number of hydrogen-bond donors (Lipinski definition) is 0. The van der Waals surface area contributed by atoms with Gasteiger partial charge in [-0.2, -0.15) is 5.10 Å². The Labute approximate surface area is 142 Å². The lowest BCUT2D eigenvalue weighted by Crippen LogP contribution is -2.24. The van der Waals surface area contributed by atoms with Gasteiger partial charge in [-0.3, -0.25) is 4.79 Å². The Morgan fingerprint density at radius 1 is 1.16 bits per heavy atom. The van der Waals surface area contributed by atoms with E-state index in [2.05, 4.69) is 5.10 Å². The van der Waals surface area contributed by atoms with E-state index >= 15 is 0 Å². The molecule has 0 aliphatic heterocycles. The summed E-state index contributed by atoms with van der Waals surface area (Å²) in [7, 11) is 3.44. The number of nitrogens with zero attached hydrogens (tertiary/aromatic N) is 3. The number of hydrogen-bond acceptors (Lipinski definition) is 3. The van der Waals surface area contributed by atoms with Crippen LogP contribution in [0.25, 0.3) is 21.8 Å². The van der Waals surface area contributed by atoms with Crippen LogP contribution < -0.4 is 10.3 Å². The van der Waals surface area contributed by atoms with Crippen LogP contribution in [0.2, 0.25) is 0 Å². The van der Waals surface area contributed by atoms with Gasteiger partial charge in [0.05, 0.1) is 25.4 Å². The molecular formula is C19H16FN3O2. The largest absolute Gasteiger partial charge is 0.497 e. The normalized spacial score (nSPS) is 11.3. The fourth-order valence-electron chi connectivity index (χ4n) is 3.16. The number of rotatable bonds is 3. The van der Waals surface area contributed by atoms with Gasteiger partial charge in [0.2, 0.25) is 0 Å². The van der Waals surface area contributed by atoms with Crippen molar-refractivity contribution in [2.24, 2.45) is 7.05 Å². The Kier molecular flexibility index (Phi) is 3.53. The van der Waals surface area contributed by atoms with E-state index in [1.165, 1.54) is 10.7 Å². The van der Waals surface area contributed by atoms with Crippen LogP contribution in [0.5, 0.6) is 5.75 Å². The summed E-state index contributed by atoms with van der Waals surface area (Å²) in [5.41, 5.74) is 1.60. The van der Waals surface area contributed by atoms with E-state index in [9.17, 15) is 9.18 Å². The lowest BCUT2D eigenvalue weighted by molar-refractivity contribution is 0.415. The topological polar surface area (TPSA) is 49.1 Å². The van der Waals surface area contributed by atoms with Crippen LogP contribution in [0.1, 0.15) is 5.56 Å². The molecule has 4 aromatic rings. The molecule has 0 aliphatic carbocycles. The van der Waals surface area contributed by atoms with E-state index in [0.717, 1.165) is 22.0 Å². The van der Waals surface area contributed by atoms with Gasteiger partial charge in [-0.15, -0.1) is 0 Å². The average molecular weight is 337 g/mol. The predicted octanol–water partition coefficient (Wildman–Crippen LogP) is 3.08. The van der Waals surface area contributed by atoms with Crippen molar-refractivity contribution < 1.29 is 9.13 Å². The maximum absolute atomic E-state index is 13.9. The number of aromatic nitrogens is 3. The van der Waals surface area contributed by atoms with Gasteiger partial charge in [0.25, 0.3) is 5.56 Å². The molecule has 0 spiro atoms. The predicted molar refractivity (Wildman–Crippen MR) is 94.5 cm³/mol. The maximum atomic E-state index is 13.9. The highest BCUT2D eigenvalue weighted by Crippen LogP contribution is 2.28. The average Bonchev–Trinajstić information content (AvgIpc) is 2.91. The fraction of sp³-hybridized carbons (Fsp3) is 0.158. The van der Waals surface area contributed by atoms with E-state index in [-0.39, 0.29) is 17.9 Å². The minimum atomic E-state index is -0.349. The van der Waals surface area contributed by atoms with Crippen molar-refractivity contribution in [2.75, 3.05) is 7.11 Å². The smallest absolute Gasteiger partial charge is 0.291 e. The van der Waals surface area contributed by atoms with Crippen LogP contribution in [0, 0.1) is 5.82 Å². The molecule has 25 heavy (non-hydrogen) atoms. The van der Waals surface area contributed by atoms with E-state index in [0.29, 0.717) is 11.1 Å². The van der Waals surface area contributed by atoms with Crippen molar-refractivity contribution in [1.29, 1.82) is 0 Å². The third-order valence-electron chi connectivity index (χ3n) is 4.49. The highest BCUT2D eigenvalue weighted by molar-refractivity contribution is 6.07. The number of aryl methyl sites for hydroxylation is 1. The van der Waals surface area contributed by atoms with Crippen LogP contribution in [-0.4, -0.2) is 21.5 Å². The van der Waals surface area contributed by atoms with Gasteiger partial charge in [-0.05, 0) is 18.2 Å². The first-order valence-corrected chi connectivity index (χ1v) is 7.86. The molecule has 0 aliphatic rings. The first-order chi connectivity index (χ1) is 12.1. The lowest BCUT2D eigenvalue weighted by Gasteiger charge is -2.06. The van der Waals surface area contributed by atoms with Gasteiger partial charge in [-0.25, -0.2) is 9.07 Å². The zero-order valence-electron chi connectivity index (χ0n) is 13.9. The molecule has 2 aromatic carbocycles. The van der Waals surface area contributed by atoms with Gasteiger partial charge in [0, 0.05) is 29.4 Å². The van der Waals surface area contributed by atoms with Crippen LogP contribution in [0.4, 0.5) is 4.39 Å². The van der Waals surface area contributed by atoms with Gasteiger partial charge < -0.3 is 9.30 Å². The monoisotopic (exact) mass is 337 g/mol. The van der Waals surface area contributed by atoms with Gasteiger partial charge in [0.1, 0.15) is 17.1 Å². The van der Waals surface area contributed by atoms with E-state index in [4.69, 9.17) is 4.74 Å². The molecule has 0 amide bonds. The van der Waals surface area contributed by atoms with E-state index in [1.807, 2.05) is 29.8 Å². The Balaban J connectivity index is 1.93. The summed E-state index contributed by atoms with van der Waals surface area (Å²) in [6.07, 6.45) is 1.66. The summed E-state index contributed by atoms with van der Waals surface area (Å²) in [6, 6.07) is 12.0. The van der Waals surface area contributed by atoms with Gasteiger partial charge in [-0.1, -0.05) is 18.2 Å². The van der Waals surface area contributed by atoms with Crippen molar-refractivity contribution in [1.82, 2.24) is 14.3 Å². The molecule has 0 radical (unpaired) electrons. The van der Waals surface area contributed by atoms with Crippen LogP contribution in [0.3, 0.4) is 0 Å². The standard InChI is InChI=1S/C19H16FN3O2/c1-22-17-9-13(25-2)7-8-14(17)15-10-21-23(19(24)18(15)22)11-12-5-3-4-6-16(12)20/h3-10H,11H2,1-2H3. The van der Waals surface area contributed by atoms with Crippen molar-refractivity contribution in [3.05, 3.63) is 70.4 Å². The fourth-order valence-corrected chi connectivity index (χ4v) is 3.16. The molecule has 0 N–H and O–H groups in total. The molecule has 2 heterocycles. The Morgan fingerprint density at radius 3 is 2.72 bits per heavy atom. The highest BCUT2D eigenvalue weighted by atomic mass is 19.1. The molecule has 6 heteroatoms. The second-order valence-electron chi connectivity index (χ2n) is 5.90. The quantitative estimate of drug-likeness (QED) is 0.577. The number of benzene rings is 2. The first kappa shape index (κ1) is 15.4. The number of halogens is 1. The minimum absolute atomic E-state index is 0.0896. The summed E-state index contributed by atoms with van der Waals surface area (Å²) in [6.45, 7) is 0.0896. The van der Waals surface area contributed by atoms with Crippen molar-refractivity contribution >= 4 is 21.8 Å². The van der Waals surface area contributed by atoms with E-state index in [1.54, 1.807) is 31.5 Å². The molecule has 0 atom stereocenters. The molecule has 0 saturated heterocycles. The van der Waals surface area contributed by atoms with Crippen LogP contribution >= 0.6 is 0 Å². The molecule has 5 nitrogen and oxygen atoms in total. The van der Waals surface area contributed by atoms with Crippen molar-refractivity contribution in [3.8, 4) is 5.75 Å². The Hall–Kier alpha value is -3.15. The molecule has 126 valence electrons. The second-order valence-corrected chi connectivity index (χ2v) is 5.90. The molecule has 2 aromatic heterocycles. The third-order valence-corrected chi connectivity index (χ3v) is 4.49. The second kappa shape index (κ2) is 5.73. The van der Waals surface area contributed by atoms with Crippen molar-refractivity contribution in [3.63, 3.8) is 0 Å². The number of fused-ring (bicyclic) bond motifs is 3. The maximum Gasteiger partial charge on any atom is 0.291 e. The summed E-state index contributed by atoms with van der Waals surface area (Å²) in [4.78, 5) is 12.9. The van der Waals surface area contributed by atoms with Gasteiger partial charge in [0.15, 0.2) is 0 Å². The summed E-state index contributed by atoms with van der Waals surface area (Å²) in [5, 5.41) is 5.95. The minimum Gasteiger partial charge on any atom is -0.497 e. The number of methoxy groups -OCH3 is 1.